The van der Waals surface area contributed by atoms with Gasteiger partial charge in [-0.2, -0.15) is 0 Å². The molecule has 0 bridgehead atoms. The van der Waals surface area contributed by atoms with Crippen LogP contribution in [0.5, 0.6) is 0 Å². The second kappa shape index (κ2) is 4.18. The van der Waals surface area contributed by atoms with E-state index in [1.807, 2.05) is 13.0 Å². The standard InChI is InChI=1S/C12H19N3O/c1-9-7-10(14-16-9)8-13-11-4-6-15-5-2-3-12(11)15/h7,11-13H,2-6,8H2,1H3. The molecule has 1 aromatic heterocycles. The van der Waals surface area contributed by atoms with Crippen LogP contribution in [0.4, 0.5) is 0 Å². The summed E-state index contributed by atoms with van der Waals surface area (Å²) in [4.78, 5) is 2.62. The van der Waals surface area contributed by atoms with Crippen LogP contribution in [-0.2, 0) is 6.54 Å². The summed E-state index contributed by atoms with van der Waals surface area (Å²) < 4.78 is 5.07. The van der Waals surface area contributed by atoms with Crippen LogP contribution in [0, 0.1) is 6.92 Å². The molecule has 0 amide bonds. The van der Waals surface area contributed by atoms with E-state index in [1.165, 1.54) is 32.4 Å². The zero-order valence-electron chi connectivity index (χ0n) is 9.78. The predicted molar refractivity (Wildman–Crippen MR) is 61.1 cm³/mol. The Morgan fingerprint density at radius 1 is 1.50 bits per heavy atom. The Morgan fingerprint density at radius 3 is 3.25 bits per heavy atom. The van der Waals surface area contributed by atoms with Crippen molar-refractivity contribution >= 4 is 0 Å². The van der Waals surface area contributed by atoms with E-state index in [1.54, 1.807) is 0 Å². The van der Waals surface area contributed by atoms with Gasteiger partial charge >= 0.3 is 0 Å². The fraction of sp³-hybridized carbons (Fsp3) is 0.750. The number of rotatable bonds is 3. The Kier molecular flexibility index (Phi) is 2.69. The summed E-state index contributed by atoms with van der Waals surface area (Å²) in [7, 11) is 0. The topological polar surface area (TPSA) is 41.3 Å². The maximum atomic E-state index is 5.07. The molecule has 1 N–H and O–H groups in total. The van der Waals surface area contributed by atoms with Crippen molar-refractivity contribution in [2.75, 3.05) is 13.1 Å². The molecule has 0 aliphatic carbocycles. The molecule has 3 heterocycles. The lowest BCUT2D eigenvalue weighted by atomic mass is 10.1. The highest BCUT2D eigenvalue weighted by molar-refractivity contribution is 5.04. The van der Waals surface area contributed by atoms with Crippen LogP contribution in [0.25, 0.3) is 0 Å². The third-order valence-corrected chi connectivity index (χ3v) is 3.83. The molecule has 0 spiro atoms. The molecule has 88 valence electrons. The summed E-state index contributed by atoms with van der Waals surface area (Å²) >= 11 is 0. The van der Waals surface area contributed by atoms with Crippen molar-refractivity contribution in [1.82, 2.24) is 15.4 Å². The quantitative estimate of drug-likeness (QED) is 0.835. The van der Waals surface area contributed by atoms with Gasteiger partial charge in [-0.3, -0.25) is 4.90 Å². The Bertz CT molecular complexity index is 363. The number of fused-ring (bicyclic) bond motifs is 1. The van der Waals surface area contributed by atoms with Crippen molar-refractivity contribution in [3.8, 4) is 0 Å². The minimum absolute atomic E-state index is 0.652. The molecule has 1 aromatic rings. The normalized spacial score (nSPS) is 29.8. The van der Waals surface area contributed by atoms with Gasteiger partial charge in [0.2, 0.25) is 0 Å². The van der Waals surface area contributed by atoms with Crippen molar-refractivity contribution in [3.05, 3.63) is 17.5 Å². The summed E-state index contributed by atoms with van der Waals surface area (Å²) in [5.41, 5.74) is 1.02. The van der Waals surface area contributed by atoms with Crippen LogP contribution in [0.2, 0.25) is 0 Å². The number of aryl methyl sites for hydroxylation is 1. The van der Waals surface area contributed by atoms with E-state index in [0.717, 1.165) is 24.0 Å². The van der Waals surface area contributed by atoms with E-state index >= 15 is 0 Å². The SMILES string of the molecule is Cc1cc(CNC2CCN3CCCC23)no1. The van der Waals surface area contributed by atoms with Gasteiger partial charge in [-0.1, -0.05) is 5.16 Å². The number of hydrogen-bond acceptors (Lipinski definition) is 4. The highest BCUT2D eigenvalue weighted by atomic mass is 16.5. The highest BCUT2D eigenvalue weighted by Crippen LogP contribution is 2.27. The second-order valence-electron chi connectivity index (χ2n) is 4.95. The van der Waals surface area contributed by atoms with Gasteiger partial charge in [0.25, 0.3) is 0 Å². The van der Waals surface area contributed by atoms with E-state index in [9.17, 15) is 0 Å². The van der Waals surface area contributed by atoms with Crippen LogP contribution >= 0.6 is 0 Å². The van der Waals surface area contributed by atoms with E-state index in [-0.39, 0.29) is 0 Å². The fourth-order valence-electron chi connectivity index (χ4n) is 3.06. The lowest BCUT2D eigenvalue weighted by Gasteiger charge is -2.20. The first kappa shape index (κ1) is 10.3. The van der Waals surface area contributed by atoms with Crippen molar-refractivity contribution < 1.29 is 4.52 Å². The first-order chi connectivity index (χ1) is 7.83. The first-order valence-corrected chi connectivity index (χ1v) is 6.22. The molecule has 0 aromatic carbocycles. The highest BCUT2D eigenvalue weighted by Gasteiger charge is 2.36. The zero-order chi connectivity index (χ0) is 11.0. The summed E-state index contributed by atoms with van der Waals surface area (Å²) in [6.07, 6.45) is 4.00. The maximum Gasteiger partial charge on any atom is 0.133 e. The van der Waals surface area contributed by atoms with Gasteiger partial charge in [-0.15, -0.1) is 0 Å². The van der Waals surface area contributed by atoms with Crippen LogP contribution < -0.4 is 5.32 Å². The first-order valence-electron chi connectivity index (χ1n) is 6.22. The van der Waals surface area contributed by atoms with Gasteiger partial charge < -0.3 is 9.84 Å². The summed E-state index contributed by atoms with van der Waals surface area (Å²) in [6.45, 7) is 5.34. The van der Waals surface area contributed by atoms with Gasteiger partial charge in [0, 0.05) is 31.2 Å². The molecule has 2 atom stereocenters. The minimum atomic E-state index is 0.652. The molecule has 2 fully saturated rings. The van der Waals surface area contributed by atoms with Crippen LogP contribution in [0.15, 0.2) is 10.6 Å². The Hall–Kier alpha value is -0.870. The third kappa shape index (κ3) is 1.87. The third-order valence-electron chi connectivity index (χ3n) is 3.83. The van der Waals surface area contributed by atoms with Crippen LogP contribution in [-0.4, -0.2) is 35.2 Å². The van der Waals surface area contributed by atoms with Gasteiger partial charge in [-0.25, -0.2) is 0 Å². The van der Waals surface area contributed by atoms with Crippen molar-refractivity contribution in [3.63, 3.8) is 0 Å². The second-order valence-corrected chi connectivity index (χ2v) is 4.95. The molecular formula is C12H19N3O. The van der Waals surface area contributed by atoms with Crippen LogP contribution in [0.1, 0.15) is 30.7 Å². The van der Waals surface area contributed by atoms with Gasteiger partial charge in [0.05, 0.1) is 5.69 Å². The number of hydrogen-bond donors (Lipinski definition) is 1. The van der Waals surface area contributed by atoms with E-state index in [0.29, 0.717) is 6.04 Å². The summed E-state index contributed by atoms with van der Waals surface area (Å²) in [5.74, 6) is 0.894. The van der Waals surface area contributed by atoms with Gasteiger partial charge in [0.1, 0.15) is 5.76 Å². The lowest BCUT2D eigenvalue weighted by molar-refractivity contribution is 0.297. The molecule has 4 heteroatoms. The molecule has 4 nitrogen and oxygen atoms in total. The number of nitrogens with zero attached hydrogens (tertiary/aromatic N) is 2. The largest absolute Gasteiger partial charge is 0.361 e. The molecule has 2 aliphatic heterocycles. The Morgan fingerprint density at radius 2 is 2.44 bits per heavy atom. The lowest BCUT2D eigenvalue weighted by Crippen LogP contribution is -2.38. The fourth-order valence-corrected chi connectivity index (χ4v) is 3.06. The maximum absolute atomic E-state index is 5.07. The zero-order valence-corrected chi connectivity index (χ0v) is 9.78. The average Bonchev–Trinajstić information content (AvgIpc) is 2.91. The van der Waals surface area contributed by atoms with Gasteiger partial charge in [-0.05, 0) is 32.7 Å². The van der Waals surface area contributed by atoms with Crippen molar-refractivity contribution in [2.45, 2.75) is 44.8 Å². The van der Waals surface area contributed by atoms with Gasteiger partial charge in [0.15, 0.2) is 0 Å². The monoisotopic (exact) mass is 221 g/mol. The predicted octanol–water partition coefficient (Wildman–Crippen LogP) is 1.31. The van der Waals surface area contributed by atoms with Crippen molar-refractivity contribution in [2.24, 2.45) is 0 Å². The Balaban J connectivity index is 1.55. The van der Waals surface area contributed by atoms with E-state index < -0.39 is 0 Å². The number of aromatic nitrogens is 1. The summed E-state index contributed by atoms with van der Waals surface area (Å²) in [6, 6.07) is 3.43. The molecule has 2 aliphatic rings. The molecule has 16 heavy (non-hydrogen) atoms. The molecule has 2 saturated heterocycles. The molecule has 2 unspecified atom stereocenters. The van der Waals surface area contributed by atoms with E-state index in [4.69, 9.17) is 4.52 Å². The minimum Gasteiger partial charge on any atom is -0.361 e. The number of nitrogens with one attached hydrogen (secondary N) is 1. The summed E-state index contributed by atoms with van der Waals surface area (Å²) in [5, 5.41) is 7.63. The van der Waals surface area contributed by atoms with E-state index in [2.05, 4.69) is 15.4 Å². The van der Waals surface area contributed by atoms with Crippen LogP contribution in [0.3, 0.4) is 0 Å². The Labute approximate surface area is 96.0 Å². The molecule has 0 radical (unpaired) electrons. The molecular weight excluding hydrogens is 202 g/mol. The smallest absolute Gasteiger partial charge is 0.133 e. The van der Waals surface area contributed by atoms with Crippen molar-refractivity contribution in [1.29, 1.82) is 0 Å². The molecule has 3 rings (SSSR count). The average molecular weight is 221 g/mol. The molecule has 0 saturated carbocycles.